The summed E-state index contributed by atoms with van der Waals surface area (Å²) in [7, 11) is 0. The van der Waals surface area contributed by atoms with Crippen LogP contribution in [0.4, 0.5) is 0 Å². The van der Waals surface area contributed by atoms with E-state index >= 15 is 0 Å². The third-order valence-corrected chi connectivity index (χ3v) is 2.72. The van der Waals surface area contributed by atoms with Crippen LogP contribution in [-0.4, -0.2) is 16.6 Å². The first-order chi connectivity index (χ1) is 6.86. The molecule has 0 radical (unpaired) electrons. The van der Waals surface area contributed by atoms with E-state index < -0.39 is 0 Å². The van der Waals surface area contributed by atoms with Gasteiger partial charge in [-0.05, 0) is 18.6 Å². The van der Waals surface area contributed by atoms with E-state index in [2.05, 4.69) is 15.5 Å². The van der Waals surface area contributed by atoms with E-state index in [0.717, 1.165) is 17.7 Å². The van der Waals surface area contributed by atoms with Crippen molar-refractivity contribution in [3.8, 4) is 0 Å². The number of nitrogens with one attached hydrogen (secondary N) is 1. The molecule has 1 aromatic heterocycles. The fourth-order valence-electron chi connectivity index (χ4n) is 1.86. The lowest BCUT2D eigenvalue weighted by molar-refractivity contribution is -0.122. The van der Waals surface area contributed by atoms with E-state index in [0.29, 0.717) is 5.92 Å². The molecule has 2 atom stereocenters. The van der Waals surface area contributed by atoms with Gasteiger partial charge in [0.05, 0.1) is 5.71 Å². The normalized spacial score (nSPS) is 28.9. The van der Waals surface area contributed by atoms with Crippen molar-refractivity contribution in [2.24, 2.45) is 16.9 Å². The summed E-state index contributed by atoms with van der Waals surface area (Å²) in [6.45, 7) is 0. The van der Waals surface area contributed by atoms with Gasteiger partial charge in [0.2, 0.25) is 5.91 Å². The number of hydrazone groups is 1. The molecule has 1 fully saturated rings. The van der Waals surface area contributed by atoms with Crippen molar-refractivity contribution in [3.63, 3.8) is 0 Å². The second kappa shape index (κ2) is 2.64. The molecule has 1 amide bonds. The third kappa shape index (κ3) is 1.04. The van der Waals surface area contributed by atoms with Gasteiger partial charge in [0.1, 0.15) is 0 Å². The number of hydrogen-bond donors (Lipinski definition) is 1. The number of hydrogen-bond acceptors (Lipinski definition) is 3. The fourth-order valence-corrected chi connectivity index (χ4v) is 1.86. The monoisotopic (exact) mass is 187 g/mol. The first-order valence-corrected chi connectivity index (χ1v) is 4.64. The predicted octanol–water partition coefficient (Wildman–Crippen LogP) is 0.552. The fraction of sp³-hybridized carbons (Fsp3) is 0.300. The second-order valence-corrected chi connectivity index (χ2v) is 3.66. The van der Waals surface area contributed by atoms with Crippen molar-refractivity contribution >= 4 is 11.6 Å². The minimum absolute atomic E-state index is 0.0580. The number of amides is 1. The van der Waals surface area contributed by atoms with Crippen LogP contribution in [0, 0.1) is 11.8 Å². The molecule has 1 saturated carbocycles. The topological polar surface area (TPSA) is 54.4 Å². The summed E-state index contributed by atoms with van der Waals surface area (Å²) in [5, 5.41) is 4.08. The molecule has 2 aliphatic rings. The van der Waals surface area contributed by atoms with Crippen molar-refractivity contribution in [3.05, 3.63) is 30.1 Å². The standard InChI is InChI=1S/C10H9N3O/c14-10-8-4-7(8)9(12-13-10)6-2-1-3-11-5-6/h1-3,5,7-8H,4H2,(H,13,14)/t7-,8-/m0/s1. The van der Waals surface area contributed by atoms with Gasteiger partial charge in [-0.1, -0.05) is 0 Å². The van der Waals surface area contributed by atoms with E-state index in [1.54, 1.807) is 12.4 Å². The van der Waals surface area contributed by atoms with Crippen LogP contribution in [0.25, 0.3) is 0 Å². The number of carbonyl (C=O) groups excluding carboxylic acids is 1. The largest absolute Gasteiger partial charge is 0.273 e. The lowest BCUT2D eigenvalue weighted by Gasteiger charge is -2.10. The summed E-state index contributed by atoms with van der Waals surface area (Å²) in [5.74, 6) is 0.540. The second-order valence-electron chi connectivity index (χ2n) is 3.66. The van der Waals surface area contributed by atoms with Gasteiger partial charge in [-0.15, -0.1) is 0 Å². The number of pyridine rings is 1. The molecular formula is C10H9N3O. The van der Waals surface area contributed by atoms with Crippen LogP contribution in [0.2, 0.25) is 0 Å². The van der Waals surface area contributed by atoms with Gasteiger partial charge in [-0.2, -0.15) is 5.10 Å². The minimum Gasteiger partial charge on any atom is -0.273 e. The van der Waals surface area contributed by atoms with Gasteiger partial charge in [0.25, 0.3) is 0 Å². The molecule has 3 rings (SSSR count). The van der Waals surface area contributed by atoms with Gasteiger partial charge < -0.3 is 0 Å². The molecule has 1 aromatic rings. The number of fused-ring (bicyclic) bond motifs is 1. The maximum absolute atomic E-state index is 11.2. The van der Waals surface area contributed by atoms with Crippen molar-refractivity contribution in [2.45, 2.75) is 6.42 Å². The minimum atomic E-state index is 0.0580. The van der Waals surface area contributed by atoms with E-state index in [1.807, 2.05) is 12.1 Å². The SMILES string of the molecule is O=C1NN=C(c2cccnc2)[C@H]2C[C@H]12. The van der Waals surface area contributed by atoms with E-state index in [1.165, 1.54) is 0 Å². The number of nitrogens with zero attached hydrogens (tertiary/aromatic N) is 2. The summed E-state index contributed by atoms with van der Waals surface area (Å²) in [6.07, 6.45) is 4.45. The molecule has 0 unspecified atom stereocenters. The van der Waals surface area contributed by atoms with Crippen molar-refractivity contribution in [1.29, 1.82) is 0 Å². The lowest BCUT2D eigenvalue weighted by atomic mass is 10.1. The van der Waals surface area contributed by atoms with Crippen LogP contribution >= 0.6 is 0 Å². The van der Waals surface area contributed by atoms with Crippen LogP contribution in [-0.2, 0) is 4.79 Å². The number of rotatable bonds is 1. The van der Waals surface area contributed by atoms with Crippen LogP contribution in [0.5, 0.6) is 0 Å². The Kier molecular flexibility index (Phi) is 1.45. The average molecular weight is 187 g/mol. The van der Waals surface area contributed by atoms with Gasteiger partial charge in [-0.3, -0.25) is 9.78 Å². The van der Waals surface area contributed by atoms with E-state index in [-0.39, 0.29) is 11.8 Å². The van der Waals surface area contributed by atoms with Crippen LogP contribution in [0.15, 0.2) is 29.6 Å². The van der Waals surface area contributed by atoms with Gasteiger partial charge in [0.15, 0.2) is 0 Å². The molecule has 0 saturated heterocycles. The summed E-state index contributed by atoms with van der Waals surface area (Å²) in [6, 6.07) is 3.85. The molecular weight excluding hydrogens is 178 g/mol. The Bertz CT molecular complexity index is 413. The number of aromatic nitrogens is 1. The molecule has 70 valence electrons. The zero-order valence-corrected chi connectivity index (χ0v) is 7.47. The third-order valence-electron chi connectivity index (χ3n) is 2.72. The summed E-state index contributed by atoms with van der Waals surface area (Å²) in [4.78, 5) is 15.2. The van der Waals surface area contributed by atoms with Crippen LogP contribution < -0.4 is 5.43 Å². The highest BCUT2D eigenvalue weighted by Crippen LogP contribution is 2.43. The molecule has 4 heteroatoms. The Morgan fingerprint density at radius 3 is 3.14 bits per heavy atom. The molecule has 1 N–H and O–H groups in total. The maximum atomic E-state index is 11.2. The Labute approximate surface area is 81.0 Å². The van der Waals surface area contributed by atoms with Crippen molar-refractivity contribution in [1.82, 2.24) is 10.4 Å². The predicted molar refractivity (Wildman–Crippen MR) is 50.5 cm³/mol. The summed E-state index contributed by atoms with van der Waals surface area (Å²) in [5.41, 5.74) is 4.53. The zero-order chi connectivity index (χ0) is 9.54. The summed E-state index contributed by atoms with van der Waals surface area (Å²) < 4.78 is 0. The Hall–Kier alpha value is -1.71. The molecule has 1 aliphatic heterocycles. The van der Waals surface area contributed by atoms with Crippen LogP contribution in [0.1, 0.15) is 12.0 Å². The van der Waals surface area contributed by atoms with E-state index in [9.17, 15) is 4.79 Å². The highest BCUT2D eigenvalue weighted by Gasteiger charge is 2.49. The molecule has 0 bridgehead atoms. The molecule has 0 spiro atoms. The van der Waals surface area contributed by atoms with Crippen molar-refractivity contribution < 1.29 is 4.79 Å². The lowest BCUT2D eigenvalue weighted by Crippen LogP contribution is -2.28. The van der Waals surface area contributed by atoms with Crippen LogP contribution in [0.3, 0.4) is 0 Å². The molecule has 1 aliphatic carbocycles. The molecule has 2 heterocycles. The maximum Gasteiger partial charge on any atom is 0.243 e. The molecule has 4 nitrogen and oxygen atoms in total. The zero-order valence-electron chi connectivity index (χ0n) is 7.47. The quantitative estimate of drug-likeness (QED) is 0.698. The molecule has 14 heavy (non-hydrogen) atoms. The Morgan fingerprint density at radius 2 is 2.36 bits per heavy atom. The first kappa shape index (κ1) is 7.67. The average Bonchev–Trinajstić information content (AvgIpc) is 3.00. The summed E-state index contributed by atoms with van der Waals surface area (Å²) >= 11 is 0. The number of carbonyl (C=O) groups is 1. The van der Waals surface area contributed by atoms with Gasteiger partial charge >= 0.3 is 0 Å². The van der Waals surface area contributed by atoms with Gasteiger partial charge in [-0.25, -0.2) is 5.43 Å². The van der Waals surface area contributed by atoms with Crippen molar-refractivity contribution in [2.75, 3.05) is 0 Å². The first-order valence-electron chi connectivity index (χ1n) is 4.64. The smallest absolute Gasteiger partial charge is 0.243 e. The Balaban J connectivity index is 1.97. The van der Waals surface area contributed by atoms with E-state index in [4.69, 9.17) is 0 Å². The van der Waals surface area contributed by atoms with Gasteiger partial charge in [0, 0.05) is 29.8 Å². The Morgan fingerprint density at radius 1 is 1.43 bits per heavy atom. The molecule has 0 aromatic carbocycles. The highest BCUT2D eigenvalue weighted by atomic mass is 16.2. The highest BCUT2D eigenvalue weighted by molar-refractivity contribution is 6.09.